The molecule has 0 spiro atoms. The Bertz CT molecular complexity index is 1130. The van der Waals surface area contributed by atoms with Crippen molar-refractivity contribution in [3.8, 4) is 0 Å². The van der Waals surface area contributed by atoms with Crippen LogP contribution in [0.1, 0.15) is 48.1 Å². The van der Waals surface area contributed by atoms with Crippen LogP contribution in [0.4, 0.5) is 0 Å². The number of carbonyl (C=O) groups is 1. The van der Waals surface area contributed by atoms with Crippen molar-refractivity contribution in [1.29, 1.82) is 0 Å². The molecule has 0 atom stereocenters. The van der Waals surface area contributed by atoms with E-state index in [1.807, 2.05) is 37.3 Å². The van der Waals surface area contributed by atoms with Gasteiger partial charge in [0.25, 0.3) is 11.5 Å². The van der Waals surface area contributed by atoms with Gasteiger partial charge in [-0.3, -0.25) is 19.1 Å². The van der Waals surface area contributed by atoms with Crippen LogP contribution in [0, 0.1) is 0 Å². The number of hydrogen-bond acceptors (Lipinski definition) is 4. The molecule has 1 amide bonds. The van der Waals surface area contributed by atoms with Gasteiger partial charge in [-0.05, 0) is 30.9 Å². The number of pyridine rings is 1. The molecule has 7 heteroatoms. The van der Waals surface area contributed by atoms with Crippen molar-refractivity contribution in [1.82, 2.24) is 19.4 Å². The summed E-state index contributed by atoms with van der Waals surface area (Å²) in [5, 5.41) is 0.272. The topological polar surface area (TPSA) is 88.1 Å². The number of nitrogens with zero attached hydrogens (tertiary/aromatic N) is 3. The highest BCUT2D eigenvalue weighted by Crippen LogP contribution is 2.34. The second-order valence-electron chi connectivity index (χ2n) is 7.17. The molecule has 1 saturated carbocycles. The molecular weight excluding hydrogens is 356 g/mol. The highest BCUT2D eigenvalue weighted by atomic mass is 16.2. The number of nitrogens with one attached hydrogen (secondary N) is 1. The molecule has 4 rings (SSSR count). The van der Waals surface area contributed by atoms with Gasteiger partial charge >= 0.3 is 5.69 Å². The molecule has 1 N–H and O–H groups in total. The van der Waals surface area contributed by atoms with E-state index >= 15 is 0 Å². The first-order valence-electron chi connectivity index (χ1n) is 9.56. The second-order valence-corrected chi connectivity index (χ2v) is 7.17. The molecule has 2 heterocycles. The molecular formula is C21H22N4O3. The standard InChI is InChI=1S/C21H22N4O3/c1-2-10-24(13-14-6-4-3-5-7-14)20(27)15-11-17-18(22-12-15)25(16-8-9-16)21(28)23-19(17)26/h3-7,11-12,16H,2,8-10,13H2,1H3,(H,23,26,28). The van der Waals surface area contributed by atoms with Crippen LogP contribution in [0.2, 0.25) is 0 Å². The Morgan fingerprint density at radius 2 is 2.00 bits per heavy atom. The average Bonchev–Trinajstić information content (AvgIpc) is 3.53. The van der Waals surface area contributed by atoms with Crippen molar-refractivity contribution in [3.05, 3.63) is 74.6 Å². The van der Waals surface area contributed by atoms with Crippen LogP contribution < -0.4 is 11.2 Å². The minimum absolute atomic E-state index is 0.0792. The van der Waals surface area contributed by atoms with Crippen LogP contribution >= 0.6 is 0 Å². The van der Waals surface area contributed by atoms with Crippen molar-refractivity contribution in [2.75, 3.05) is 6.54 Å². The summed E-state index contributed by atoms with van der Waals surface area (Å²) in [6.07, 6.45) is 4.08. The third-order valence-electron chi connectivity index (χ3n) is 4.93. The maximum absolute atomic E-state index is 13.1. The minimum Gasteiger partial charge on any atom is -0.334 e. The molecule has 0 unspecified atom stereocenters. The first-order chi connectivity index (χ1) is 13.6. The Morgan fingerprint density at radius 1 is 1.25 bits per heavy atom. The smallest absolute Gasteiger partial charge is 0.330 e. The highest BCUT2D eigenvalue weighted by Gasteiger charge is 2.28. The zero-order valence-electron chi connectivity index (χ0n) is 15.7. The number of aromatic amines is 1. The van der Waals surface area contributed by atoms with Gasteiger partial charge in [-0.1, -0.05) is 37.3 Å². The summed E-state index contributed by atoms with van der Waals surface area (Å²) in [5.41, 5.74) is 0.784. The molecule has 0 aliphatic heterocycles. The van der Waals surface area contributed by atoms with E-state index in [0.29, 0.717) is 24.3 Å². The van der Waals surface area contributed by atoms with Crippen LogP contribution in [0.25, 0.3) is 11.0 Å². The monoisotopic (exact) mass is 378 g/mol. The van der Waals surface area contributed by atoms with E-state index in [1.54, 1.807) is 11.0 Å². The summed E-state index contributed by atoms with van der Waals surface area (Å²) in [5.74, 6) is -0.177. The zero-order chi connectivity index (χ0) is 19.7. The number of fused-ring (bicyclic) bond motifs is 1. The predicted molar refractivity (Wildman–Crippen MR) is 106 cm³/mol. The van der Waals surface area contributed by atoms with Crippen molar-refractivity contribution in [2.24, 2.45) is 0 Å². The van der Waals surface area contributed by atoms with E-state index in [0.717, 1.165) is 24.8 Å². The lowest BCUT2D eigenvalue weighted by atomic mass is 10.1. The van der Waals surface area contributed by atoms with Crippen molar-refractivity contribution in [3.63, 3.8) is 0 Å². The molecule has 1 aliphatic carbocycles. The van der Waals surface area contributed by atoms with Crippen LogP contribution in [-0.2, 0) is 6.54 Å². The molecule has 1 fully saturated rings. The Kier molecular flexibility index (Phi) is 4.81. The molecule has 1 aromatic carbocycles. The fourth-order valence-electron chi connectivity index (χ4n) is 3.43. The van der Waals surface area contributed by atoms with E-state index in [2.05, 4.69) is 9.97 Å². The van der Waals surface area contributed by atoms with E-state index < -0.39 is 11.2 Å². The van der Waals surface area contributed by atoms with Crippen LogP contribution in [-0.4, -0.2) is 31.9 Å². The number of benzene rings is 1. The Balaban J connectivity index is 1.72. The first kappa shape index (κ1) is 18.2. The maximum atomic E-state index is 13.1. The molecule has 7 nitrogen and oxygen atoms in total. The maximum Gasteiger partial charge on any atom is 0.330 e. The van der Waals surface area contributed by atoms with Crippen molar-refractivity contribution in [2.45, 2.75) is 38.8 Å². The van der Waals surface area contributed by atoms with Crippen molar-refractivity contribution >= 4 is 16.9 Å². The lowest BCUT2D eigenvalue weighted by Crippen LogP contribution is -2.33. The van der Waals surface area contributed by atoms with Gasteiger partial charge < -0.3 is 4.90 Å². The largest absolute Gasteiger partial charge is 0.334 e. The van der Waals surface area contributed by atoms with Gasteiger partial charge in [-0.15, -0.1) is 0 Å². The van der Waals surface area contributed by atoms with Gasteiger partial charge in [0, 0.05) is 25.3 Å². The van der Waals surface area contributed by atoms with Gasteiger partial charge in [0.15, 0.2) is 0 Å². The average molecular weight is 378 g/mol. The SMILES string of the molecule is CCCN(Cc1ccccc1)C(=O)c1cnc2c(c1)c(=O)[nH]c(=O)n2C1CC1. The van der Waals surface area contributed by atoms with Crippen LogP contribution in [0.15, 0.2) is 52.2 Å². The first-order valence-corrected chi connectivity index (χ1v) is 9.56. The summed E-state index contributed by atoms with van der Waals surface area (Å²) in [6.45, 7) is 3.11. The lowest BCUT2D eigenvalue weighted by molar-refractivity contribution is 0.0743. The highest BCUT2D eigenvalue weighted by molar-refractivity contribution is 5.96. The molecule has 1 aliphatic rings. The second kappa shape index (κ2) is 7.42. The fraction of sp³-hybridized carbons (Fsp3) is 0.333. The number of amides is 1. The van der Waals surface area contributed by atoms with E-state index in [9.17, 15) is 14.4 Å². The number of rotatable bonds is 6. The quantitative estimate of drug-likeness (QED) is 0.714. The Hall–Kier alpha value is -3.22. The fourth-order valence-corrected chi connectivity index (χ4v) is 3.43. The van der Waals surface area contributed by atoms with Crippen molar-refractivity contribution < 1.29 is 4.79 Å². The Labute approximate surface area is 161 Å². The predicted octanol–water partition coefficient (Wildman–Crippen LogP) is 2.47. The molecule has 0 saturated heterocycles. The number of H-pyrrole nitrogens is 1. The van der Waals surface area contributed by atoms with E-state index in [1.165, 1.54) is 10.8 Å². The molecule has 28 heavy (non-hydrogen) atoms. The Morgan fingerprint density at radius 3 is 2.68 bits per heavy atom. The summed E-state index contributed by atoms with van der Waals surface area (Å²) >= 11 is 0. The molecule has 3 aromatic rings. The van der Waals surface area contributed by atoms with Gasteiger partial charge in [0.05, 0.1) is 10.9 Å². The van der Waals surface area contributed by atoms with E-state index in [4.69, 9.17) is 0 Å². The summed E-state index contributed by atoms with van der Waals surface area (Å²) in [6, 6.07) is 11.4. The number of hydrogen-bond donors (Lipinski definition) is 1. The van der Waals surface area contributed by atoms with Gasteiger partial charge in [-0.2, -0.15) is 0 Å². The molecule has 144 valence electrons. The third kappa shape index (κ3) is 3.47. The zero-order valence-corrected chi connectivity index (χ0v) is 15.7. The molecule has 0 radical (unpaired) electrons. The van der Waals surface area contributed by atoms with Crippen LogP contribution in [0.3, 0.4) is 0 Å². The third-order valence-corrected chi connectivity index (χ3v) is 4.93. The van der Waals surface area contributed by atoms with Crippen LogP contribution in [0.5, 0.6) is 0 Å². The summed E-state index contributed by atoms with van der Waals surface area (Å²) < 4.78 is 1.53. The molecule has 2 aromatic heterocycles. The number of carbonyl (C=O) groups excluding carboxylic acids is 1. The van der Waals surface area contributed by atoms with Gasteiger partial charge in [0.2, 0.25) is 0 Å². The summed E-state index contributed by atoms with van der Waals surface area (Å²) in [7, 11) is 0. The van der Waals surface area contributed by atoms with Gasteiger partial charge in [0.1, 0.15) is 5.65 Å². The van der Waals surface area contributed by atoms with E-state index in [-0.39, 0.29) is 17.3 Å². The summed E-state index contributed by atoms with van der Waals surface area (Å²) in [4.78, 5) is 46.0. The van der Waals surface area contributed by atoms with Gasteiger partial charge in [-0.25, -0.2) is 9.78 Å². The minimum atomic E-state index is -0.510. The molecule has 0 bridgehead atoms. The number of aromatic nitrogens is 3. The lowest BCUT2D eigenvalue weighted by Gasteiger charge is -2.22. The normalized spacial score (nSPS) is 13.6.